The van der Waals surface area contributed by atoms with Gasteiger partial charge in [-0.1, -0.05) is 23.7 Å². The number of carboxylic acid groups (broad SMARTS) is 1. The summed E-state index contributed by atoms with van der Waals surface area (Å²) in [5, 5.41) is 37.0. The number of nitrogens with zero attached hydrogens (tertiary/aromatic N) is 1. The second-order valence-electron chi connectivity index (χ2n) is 8.19. The van der Waals surface area contributed by atoms with Crippen LogP contribution in [-0.4, -0.2) is 51.4 Å². The Labute approximate surface area is 225 Å². The first-order chi connectivity index (χ1) is 18.4. The van der Waals surface area contributed by atoms with Gasteiger partial charge in [0, 0.05) is 42.0 Å². The molecule has 0 unspecified atom stereocenters. The fraction of sp³-hybridized carbons (Fsp3) is 0.120. The van der Waals surface area contributed by atoms with Crippen LogP contribution in [0.3, 0.4) is 0 Å². The molecule has 7 N–H and O–H groups in total. The average molecular weight is 556 g/mol. The monoisotopic (exact) mass is 555 g/mol. The van der Waals surface area contributed by atoms with Crippen molar-refractivity contribution in [1.29, 1.82) is 0 Å². The molecule has 0 saturated carbocycles. The summed E-state index contributed by atoms with van der Waals surface area (Å²) in [5.41, 5.74) is 5.62. The second kappa shape index (κ2) is 12.4. The SMILES string of the molecule is Nc1cc(C(=O)NC[C@H](NC(=O)c2ccc(C(=O)NCc3cccc(O)c3)cc2Cl)C(=O)O)cc([N+](=O)[O-])c1. The van der Waals surface area contributed by atoms with Gasteiger partial charge >= 0.3 is 5.97 Å². The number of hydrogen-bond acceptors (Lipinski definition) is 8. The van der Waals surface area contributed by atoms with Crippen LogP contribution >= 0.6 is 11.6 Å². The Kier molecular flexibility index (Phi) is 9.02. The lowest BCUT2D eigenvalue weighted by Crippen LogP contribution is -2.48. The van der Waals surface area contributed by atoms with Gasteiger partial charge in [0.05, 0.1) is 15.5 Å². The molecule has 3 amide bonds. The number of aliphatic carboxylic acids is 1. The van der Waals surface area contributed by atoms with Crippen LogP contribution in [0.1, 0.15) is 36.6 Å². The van der Waals surface area contributed by atoms with Gasteiger partial charge in [-0.15, -0.1) is 0 Å². The number of nitrogens with two attached hydrogens (primary N) is 1. The van der Waals surface area contributed by atoms with Crippen molar-refractivity contribution in [1.82, 2.24) is 16.0 Å². The van der Waals surface area contributed by atoms with Crippen molar-refractivity contribution < 1.29 is 34.3 Å². The molecule has 202 valence electrons. The van der Waals surface area contributed by atoms with Gasteiger partial charge in [-0.2, -0.15) is 0 Å². The summed E-state index contributed by atoms with van der Waals surface area (Å²) in [6, 6.07) is 11.7. The molecule has 0 saturated heterocycles. The largest absolute Gasteiger partial charge is 0.508 e. The first kappa shape index (κ1) is 28.4. The number of amides is 3. The van der Waals surface area contributed by atoms with Crippen LogP contribution in [0.15, 0.2) is 60.7 Å². The van der Waals surface area contributed by atoms with E-state index in [1.54, 1.807) is 12.1 Å². The summed E-state index contributed by atoms with van der Waals surface area (Å²) in [7, 11) is 0. The smallest absolute Gasteiger partial charge is 0.328 e. The number of non-ortho nitro benzene ring substituents is 1. The van der Waals surface area contributed by atoms with Gasteiger partial charge in [0.1, 0.15) is 11.8 Å². The molecule has 0 fully saturated rings. The summed E-state index contributed by atoms with van der Waals surface area (Å²) in [6.07, 6.45) is 0. The highest BCUT2D eigenvalue weighted by molar-refractivity contribution is 6.34. The van der Waals surface area contributed by atoms with Gasteiger partial charge < -0.3 is 31.9 Å². The second-order valence-corrected chi connectivity index (χ2v) is 8.60. The number of nitro groups is 1. The Morgan fingerprint density at radius 1 is 0.949 bits per heavy atom. The Morgan fingerprint density at radius 3 is 2.31 bits per heavy atom. The number of carbonyl (C=O) groups is 4. The highest BCUT2D eigenvalue weighted by Crippen LogP contribution is 2.20. The number of carbonyl (C=O) groups excluding carboxylic acids is 3. The van der Waals surface area contributed by atoms with Gasteiger partial charge in [-0.3, -0.25) is 24.5 Å². The van der Waals surface area contributed by atoms with E-state index in [0.717, 1.165) is 12.1 Å². The first-order valence-corrected chi connectivity index (χ1v) is 11.5. The minimum Gasteiger partial charge on any atom is -0.508 e. The van der Waals surface area contributed by atoms with E-state index in [0.29, 0.717) is 5.56 Å². The fourth-order valence-electron chi connectivity index (χ4n) is 3.40. The molecule has 14 heteroatoms. The fourth-order valence-corrected chi connectivity index (χ4v) is 3.66. The molecule has 0 aliphatic rings. The summed E-state index contributed by atoms with van der Waals surface area (Å²) in [4.78, 5) is 59.5. The third-order valence-electron chi connectivity index (χ3n) is 5.32. The van der Waals surface area contributed by atoms with Gasteiger partial charge in [0.15, 0.2) is 0 Å². The number of nitro benzene ring substituents is 1. The maximum Gasteiger partial charge on any atom is 0.328 e. The summed E-state index contributed by atoms with van der Waals surface area (Å²) >= 11 is 6.17. The number of phenolic OH excluding ortho intramolecular Hbond substituents is 1. The molecule has 13 nitrogen and oxygen atoms in total. The van der Waals surface area contributed by atoms with E-state index in [1.807, 2.05) is 0 Å². The number of phenols is 1. The number of nitrogen functional groups attached to an aromatic ring is 1. The van der Waals surface area contributed by atoms with Gasteiger partial charge in [-0.05, 0) is 42.0 Å². The maximum absolute atomic E-state index is 12.7. The van der Waals surface area contributed by atoms with Crippen LogP contribution in [-0.2, 0) is 11.3 Å². The molecule has 1 atom stereocenters. The van der Waals surface area contributed by atoms with Crippen LogP contribution in [0.5, 0.6) is 5.75 Å². The van der Waals surface area contributed by atoms with E-state index in [2.05, 4.69) is 16.0 Å². The van der Waals surface area contributed by atoms with Crippen molar-refractivity contribution in [2.24, 2.45) is 0 Å². The van der Waals surface area contributed by atoms with Crippen molar-refractivity contribution in [3.63, 3.8) is 0 Å². The molecule has 3 aromatic carbocycles. The third-order valence-corrected chi connectivity index (χ3v) is 5.64. The summed E-state index contributed by atoms with van der Waals surface area (Å²) < 4.78 is 0. The number of benzene rings is 3. The van der Waals surface area contributed by atoms with Crippen molar-refractivity contribution in [3.05, 3.63) is 98.1 Å². The van der Waals surface area contributed by atoms with Crippen LogP contribution in [0, 0.1) is 10.1 Å². The number of hydrogen-bond donors (Lipinski definition) is 6. The van der Waals surface area contributed by atoms with E-state index >= 15 is 0 Å². The molecular weight excluding hydrogens is 534 g/mol. The Bertz CT molecular complexity index is 1460. The zero-order chi connectivity index (χ0) is 28.7. The Hall–Kier alpha value is -5.17. The summed E-state index contributed by atoms with van der Waals surface area (Å²) in [6.45, 7) is -0.433. The number of aromatic hydroxyl groups is 1. The first-order valence-electron chi connectivity index (χ1n) is 11.2. The van der Waals surface area contributed by atoms with Crippen molar-refractivity contribution in [2.45, 2.75) is 12.6 Å². The van der Waals surface area contributed by atoms with Crippen LogP contribution in [0.4, 0.5) is 11.4 Å². The minimum atomic E-state index is -1.58. The molecule has 0 heterocycles. The van der Waals surface area contributed by atoms with Crippen LogP contribution < -0.4 is 21.7 Å². The van der Waals surface area contributed by atoms with Crippen molar-refractivity contribution in [3.8, 4) is 5.75 Å². The van der Waals surface area contributed by atoms with Crippen molar-refractivity contribution in [2.75, 3.05) is 12.3 Å². The summed E-state index contributed by atoms with van der Waals surface area (Å²) in [5.74, 6) is -3.65. The molecule has 0 bridgehead atoms. The molecule has 3 rings (SSSR count). The molecule has 0 aliphatic heterocycles. The van der Waals surface area contributed by atoms with E-state index < -0.39 is 46.9 Å². The average Bonchev–Trinajstić information content (AvgIpc) is 2.88. The van der Waals surface area contributed by atoms with E-state index in [9.17, 15) is 39.5 Å². The standard InChI is InChI=1S/C25H22ClN5O8/c26-20-9-14(22(33)28-11-13-2-1-3-18(32)6-13)4-5-19(20)24(35)30-21(25(36)37)12-29-23(34)15-7-16(27)10-17(8-15)31(38)39/h1-10,21,32H,11-12,27H2,(H,28,33)(H,29,34)(H,30,35)(H,36,37)/t21-/m0/s1. The van der Waals surface area contributed by atoms with Gasteiger partial charge in [-0.25, -0.2) is 4.79 Å². The molecule has 0 radical (unpaired) electrons. The topological polar surface area (TPSA) is 214 Å². The normalized spacial score (nSPS) is 11.2. The van der Waals surface area contributed by atoms with Gasteiger partial charge in [0.25, 0.3) is 23.4 Å². The van der Waals surface area contributed by atoms with Crippen LogP contribution in [0.25, 0.3) is 0 Å². The van der Waals surface area contributed by atoms with Crippen molar-refractivity contribution >= 4 is 46.7 Å². The van der Waals surface area contributed by atoms with E-state index in [4.69, 9.17) is 17.3 Å². The number of rotatable bonds is 10. The van der Waals surface area contributed by atoms with E-state index in [1.165, 1.54) is 36.4 Å². The molecule has 0 spiro atoms. The zero-order valence-electron chi connectivity index (χ0n) is 20.0. The number of nitrogens with one attached hydrogen (secondary N) is 3. The quantitative estimate of drug-likeness (QED) is 0.122. The number of anilines is 1. The minimum absolute atomic E-state index is 0.0384. The Morgan fingerprint density at radius 2 is 1.67 bits per heavy atom. The van der Waals surface area contributed by atoms with Crippen LogP contribution in [0.2, 0.25) is 5.02 Å². The number of halogens is 1. The zero-order valence-corrected chi connectivity index (χ0v) is 20.8. The lowest BCUT2D eigenvalue weighted by atomic mass is 10.1. The maximum atomic E-state index is 12.7. The van der Waals surface area contributed by atoms with E-state index in [-0.39, 0.29) is 39.7 Å². The predicted octanol–water partition coefficient (Wildman–Crippen LogP) is 2.08. The Balaban J connectivity index is 1.63. The predicted molar refractivity (Wildman–Crippen MR) is 139 cm³/mol. The molecular formula is C25H22ClN5O8. The van der Waals surface area contributed by atoms with Gasteiger partial charge in [0.2, 0.25) is 0 Å². The molecule has 39 heavy (non-hydrogen) atoms. The molecule has 3 aromatic rings. The highest BCUT2D eigenvalue weighted by Gasteiger charge is 2.24. The lowest BCUT2D eigenvalue weighted by Gasteiger charge is -2.16. The lowest BCUT2D eigenvalue weighted by molar-refractivity contribution is -0.384. The number of carboxylic acids is 1. The molecule has 0 aromatic heterocycles. The molecule has 0 aliphatic carbocycles. The third kappa shape index (κ3) is 7.66. The highest BCUT2D eigenvalue weighted by atomic mass is 35.5.